The van der Waals surface area contributed by atoms with E-state index >= 15 is 0 Å². The zero-order chi connectivity index (χ0) is 23.1. The SMILES string of the molecule is C=C[C@H](CCCC(C)C)[C@H]1CC[C@H]2C3CC=C4C[C@@H](C(C)CC)CC[C@]4(C)[C@H]3CC[C@]12C. The highest BCUT2D eigenvalue weighted by Crippen LogP contribution is 2.67. The second-order valence-corrected chi connectivity index (χ2v) is 13.6. The van der Waals surface area contributed by atoms with Crippen molar-refractivity contribution in [3.8, 4) is 0 Å². The van der Waals surface area contributed by atoms with Crippen molar-refractivity contribution in [2.45, 2.75) is 119 Å². The number of fused-ring (bicyclic) bond motifs is 5. The Hall–Kier alpha value is -0.520. The summed E-state index contributed by atoms with van der Waals surface area (Å²) in [7, 11) is 0. The second kappa shape index (κ2) is 9.62. The molecular weight excluding hydrogens is 384 g/mol. The van der Waals surface area contributed by atoms with Crippen LogP contribution in [0.1, 0.15) is 119 Å². The predicted molar refractivity (Wildman–Crippen MR) is 141 cm³/mol. The van der Waals surface area contributed by atoms with Gasteiger partial charge in [-0.05, 0) is 116 Å². The average Bonchev–Trinajstić information content (AvgIpc) is 3.12. The Labute approximate surface area is 201 Å². The minimum absolute atomic E-state index is 0.515. The van der Waals surface area contributed by atoms with Crippen molar-refractivity contribution in [3.05, 3.63) is 24.3 Å². The highest BCUT2D eigenvalue weighted by molar-refractivity contribution is 5.25. The monoisotopic (exact) mass is 438 g/mol. The minimum atomic E-state index is 0.515. The Morgan fingerprint density at radius 3 is 2.50 bits per heavy atom. The summed E-state index contributed by atoms with van der Waals surface area (Å²) in [6.45, 7) is 19.4. The first kappa shape index (κ1) is 24.6. The largest absolute Gasteiger partial charge is 0.103 e. The molecule has 0 aromatic rings. The molecule has 0 nitrogen and oxygen atoms in total. The van der Waals surface area contributed by atoms with Gasteiger partial charge in [-0.2, -0.15) is 0 Å². The van der Waals surface area contributed by atoms with E-state index in [9.17, 15) is 0 Å². The van der Waals surface area contributed by atoms with Gasteiger partial charge in [-0.3, -0.25) is 0 Å². The van der Waals surface area contributed by atoms with Gasteiger partial charge in [-0.1, -0.05) is 78.5 Å². The van der Waals surface area contributed by atoms with Crippen LogP contribution in [0.5, 0.6) is 0 Å². The van der Waals surface area contributed by atoms with Gasteiger partial charge < -0.3 is 0 Å². The number of hydrogen-bond donors (Lipinski definition) is 0. The predicted octanol–water partition coefficient (Wildman–Crippen LogP) is 9.86. The van der Waals surface area contributed by atoms with Crippen molar-refractivity contribution >= 4 is 0 Å². The number of hydrogen-bond acceptors (Lipinski definition) is 0. The summed E-state index contributed by atoms with van der Waals surface area (Å²) in [5.41, 5.74) is 2.96. The summed E-state index contributed by atoms with van der Waals surface area (Å²) >= 11 is 0. The van der Waals surface area contributed by atoms with Crippen molar-refractivity contribution in [1.29, 1.82) is 0 Å². The lowest BCUT2D eigenvalue weighted by molar-refractivity contribution is -0.0521. The molecule has 4 aliphatic carbocycles. The van der Waals surface area contributed by atoms with Crippen LogP contribution in [-0.4, -0.2) is 0 Å². The normalized spacial score (nSPS) is 43.1. The van der Waals surface area contributed by atoms with E-state index in [1.54, 1.807) is 0 Å². The van der Waals surface area contributed by atoms with Gasteiger partial charge in [-0.15, -0.1) is 6.58 Å². The van der Waals surface area contributed by atoms with E-state index in [2.05, 4.69) is 60.3 Å². The Balaban J connectivity index is 1.50. The summed E-state index contributed by atoms with van der Waals surface area (Å²) in [6, 6.07) is 0. The molecule has 0 spiro atoms. The van der Waals surface area contributed by atoms with Gasteiger partial charge in [0.15, 0.2) is 0 Å². The molecule has 0 bridgehead atoms. The standard InChI is InChI=1S/C32H54/c1-8-23(5)25-17-19-31(6)26(21-25)13-14-27-29-16-15-28(32(29,7)20-18-30(27)31)24(9-2)12-10-11-22(3)4/h9,13,22-25,27-30H,2,8,10-12,14-21H2,1,3-7H3/t23?,24-,25+,27?,28-,29+,30+,31+,32-/m1/s1. The van der Waals surface area contributed by atoms with Crippen LogP contribution >= 0.6 is 0 Å². The Kier molecular flexibility index (Phi) is 7.39. The summed E-state index contributed by atoms with van der Waals surface area (Å²) in [5.74, 6) is 7.18. The fourth-order valence-electron chi connectivity index (χ4n) is 9.50. The van der Waals surface area contributed by atoms with E-state index in [1.165, 1.54) is 77.0 Å². The van der Waals surface area contributed by atoms with Crippen LogP contribution in [0.2, 0.25) is 0 Å². The molecule has 0 radical (unpaired) electrons. The average molecular weight is 439 g/mol. The quantitative estimate of drug-likeness (QED) is 0.331. The summed E-state index contributed by atoms with van der Waals surface area (Å²) in [5, 5.41) is 0. The van der Waals surface area contributed by atoms with E-state index in [0.717, 1.165) is 47.3 Å². The summed E-state index contributed by atoms with van der Waals surface area (Å²) < 4.78 is 0. The van der Waals surface area contributed by atoms with E-state index < -0.39 is 0 Å². The Morgan fingerprint density at radius 2 is 1.81 bits per heavy atom. The fraction of sp³-hybridized carbons (Fsp3) is 0.875. The molecule has 3 saturated carbocycles. The molecule has 182 valence electrons. The van der Waals surface area contributed by atoms with Gasteiger partial charge in [0.25, 0.3) is 0 Å². The lowest BCUT2D eigenvalue weighted by Gasteiger charge is -2.59. The van der Waals surface area contributed by atoms with Crippen LogP contribution < -0.4 is 0 Å². The number of allylic oxidation sites excluding steroid dienone is 3. The van der Waals surface area contributed by atoms with Crippen molar-refractivity contribution in [2.75, 3.05) is 0 Å². The lowest BCUT2D eigenvalue weighted by Crippen LogP contribution is -2.50. The molecule has 4 aliphatic rings. The third kappa shape index (κ3) is 4.20. The third-order valence-corrected chi connectivity index (χ3v) is 11.8. The molecule has 0 heterocycles. The maximum atomic E-state index is 4.34. The first-order valence-electron chi connectivity index (χ1n) is 14.6. The third-order valence-electron chi connectivity index (χ3n) is 11.8. The van der Waals surface area contributed by atoms with Crippen LogP contribution in [0.15, 0.2) is 24.3 Å². The van der Waals surface area contributed by atoms with Gasteiger partial charge in [0.2, 0.25) is 0 Å². The first-order chi connectivity index (χ1) is 15.2. The van der Waals surface area contributed by atoms with Gasteiger partial charge in [0.05, 0.1) is 0 Å². The van der Waals surface area contributed by atoms with Crippen LogP contribution in [0.3, 0.4) is 0 Å². The first-order valence-corrected chi connectivity index (χ1v) is 14.6. The molecule has 2 unspecified atom stereocenters. The van der Waals surface area contributed by atoms with Crippen molar-refractivity contribution in [1.82, 2.24) is 0 Å². The topological polar surface area (TPSA) is 0 Å². The molecule has 9 atom stereocenters. The molecular formula is C32H54. The molecule has 0 saturated heterocycles. The van der Waals surface area contributed by atoms with Crippen LogP contribution in [0, 0.1) is 58.2 Å². The van der Waals surface area contributed by atoms with Gasteiger partial charge in [0.1, 0.15) is 0 Å². The van der Waals surface area contributed by atoms with E-state index in [-0.39, 0.29) is 0 Å². The van der Waals surface area contributed by atoms with Gasteiger partial charge in [-0.25, -0.2) is 0 Å². The minimum Gasteiger partial charge on any atom is -0.103 e. The molecule has 0 heteroatoms. The van der Waals surface area contributed by atoms with E-state index in [4.69, 9.17) is 0 Å². The van der Waals surface area contributed by atoms with Gasteiger partial charge in [0, 0.05) is 0 Å². The molecule has 0 N–H and O–H groups in total. The maximum Gasteiger partial charge on any atom is -0.00851 e. The smallest absolute Gasteiger partial charge is 0.00851 e. The summed E-state index contributed by atoms with van der Waals surface area (Å²) in [6.07, 6.45) is 22.3. The highest BCUT2D eigenvalue weighted by Gasteiger charge is 2.59. The molecule has 32 heavy (non-hydrogen) atoms. The zero-order valence-corrected chi connectivity index (χ0v) is 22.5. The lowest BCUT2D eigenvalue weighted by atomic mass is 9.46. The molecule has 4 rings (SSSR count). The Bertz CT molecular complexity index is 684. The zero-order valence-electron chi connectivity index (χ0n) is 22.5. The maximum absolute atomic E-state index is 4.34. The van der Waals surface area contributed by atoms with Crippen LogP contribution in [0.4, 0.5) is 0 Å². The second-order valence-electron chi connectivity index (χ2n) is 13.6. The van der Waals surface area contributed by atoms with E-state index in [1.807, 2.05) is 5.57 Å². The summed E-state index contributed by atoms with van der Waals surface area (Å²) in [4.78, 5) is 0. The molecule has 0 aromatic carbocycles. The number of rotatable bonds is 8. The van der Waals surface area contributed by atoms with E-state index in [0.29, 0.717) is 10.8 Å². The molecule has 3 fully saturated rings. The molecule has 0 amide bonds. The highest BCUT2D eigenvalue weighted by atomic mass is 14.6. The van der Waals surface area contributed by atoms with Crippen LogP contribution in [0.25, 0.3) is 0 Å². The van der Waals surface area contributed by atoms with Crippen molar-refractivity contribution in [3.63, 3.8) is 0 Å². The van der Waals surface area contributed by atoms with Crippen molar-refractivity contribution in [2.24, 2.45) is 58.2 Å². The Morgan fingerprint density at radius 1 is 1.03 bits per heavy atom. The molecule has 0 aliphatic heterocycles. The van der Waals surface area contributed by atoms with Gasteiger partial charge >= 0.3 is 0 Å². The molecule has 0 aromatic heterocycles. The van der Waals surface area contributed by atoms with Crippen molar-refractivity contribution < 1.29 is 0 Å². The fourth-order valence-corrected chi connectivity index (χ4v) is 9.50. The van der Waals surface area contributed by atoms with Crippen LogP contribution in [-0.2, 0) is 0 Å².